The molecule has 7 nitrogen and oxygen atoms in total. The first-order valence-corrected chi connectivity index (χ1v) is 13.0. The van der Waals surface area contributed by atoms with Crippen LogP contribution < -0.4 is 5.73 Å². The molecule has 190 valence electrons. The summed E-state index contributed by atoms with van der Waals surface area (Å²) >= 11 is 1.31. The molecule has 2 fully saturated rings. The Hall–Kier alpha value is -3.58. The third-order valence-electron chi connectivity index (χ3n) is 6.83. The number of halogens is 1. The lowest BCUT2D eigenvalue weighted by Crippen LogP contribution is -2.61. The lowest BCUT2D eigenvalue weighted by Gasteiger charge is -2.44. The Bertz CT molecular complexity index is 1400. The molecule has 0 spiro atoms. The first kappa shape index (κ1) is 25.1. The highest BCUT2D eigenvalue weighted by Crippen LogP contribution is 2.40. The van der Waals surface area contributed by atoms with Crippen LogP contribution in [-0.4, -0.2) is 64.5 Å². The Morgan fingerprint density at radius 1 is 1.11 bits per heavy atom. The molecular weight excluding hydrogens is 491 g/mol. The van der Waals surface area contributed by atoms with Gasteiger partial charge in [0.05, 0.1) is 29.1 Å². The summed E-state index contributed by atoms with van der Waals surface area (Å²) in [6.07, 6.45) is 1.73. The number of nitriles is 1. The fraction of sp³-hybridized carbons (Fsp3) is 0.321. The van der Waals surface area contributed by atoms with Gasteiger partial charge >= 0.3 is 0 Å². The van der Waals surface area contributed by atoms with Crippen molar-refractivity contribution in [1.82, 2.24) is 9.80 Å². The van der Waals surface area contributed by atoms with E-state index < -0.39 is 11.4 Å². The van der Waals surface area contributed by atoms with Crippen molar-refractivity contribution in [3.8, 4) is 27.6 Å². The molecule has 2 aliphatic heterocycles. The van der Waals surface area contributed by atoms with Gasteiger partial charge in [-0.1, -0.05) is 18.2 Å². The third-order valence-corrected chi connectivity index (χ3v) is 8.00. The molecule has 1 unspecified atom stereocenters. The molecule has 0 aliphatic carbocycles. The summed E-state index contributed by atoms with van der Waals surface area (Å²) in [5.74, 6) is -0.896. The standard InChI is InChI=1S/C28H27FN4O3S/c1-28(36)15-33(16-28)26(34)18-6-4-17(5-7-18)25-22(19-8-9-20(13-30)23(29)11-19)12-24(37-25)27(35)32-10-2-3-21(31)14-32/h4-9,11-12,21,36H,2-3,10,14-16,31H2,1H3. The molecule has 2 saturated heterocycles. The molecule has 0 radical (unpaired) electrons. The van der Waals surface area contributed by atoms with Crippen molar-refractivity contribution >= 4 is 23.2 Å². The van der Waals surface area contributed by atoms with E-state index in [9.17, 15) is 19.1 Å². The van der Waals surface area contributed by atoms with Crippen molar-refractivity contribution in [2.75, 3.05) is 26.2 Å². The van der Waals surface area contributed by atoms with Crippen molar-refractivity contribution < 1.29 is 19.1 Å². The highest BCUT2D eigenvalue weighted by molar-refractivity contribution is 7.18. The molecule has 0 bridgehead atoms. The molecule has 9 heteroatoms. The molecule has 3 aromatic rings. The predicted molar refractivity (Wildman–Crippen MR) is 140 cm³/mol. The van der Waals surface area contributed by atoms with Crippen molar-refractivity contribution in [3.63, 3.8) is 0 Å². The van der Waals surface area contributed by atoms with Gasteiger partial charge in [0.25, 0.3) is 11.8 Å². The number of carbonyl (C=O) groups is 2. The average molecular weight is 519 g/mol. The van der Waals surface area contributed by atoms with Crippen molar-refractivity contribution in [1.29, 1.82) is 5.26 Å². The highest BCUT2D eigenvalue weighted by atomic mass is 32.1. The van der Waals surface area contributed by atoms with E-state index in [0.717, 1.165) is 23.3 Å². The van der Waals surface area contributed by atoms with Crippen LogP contribution in [0.25, 0.3) is 21.6 Å². The number of β-amino-alcohol motifs (C(OH)–C–C–N with tert-alkyl or cyclic N) is 1. The van der Waals surface area contributed by atoms with Gasteiger partial charge in [0.1, 0.15) is 11.9 Å². The van der Waals surface area contributed by atoms with Gasteiger partial charge in [-0.15, -0.1) is 11.3 Å². The average Bonchev–Trinajstić information content (AvgIpc) is 3.32. The van der Waals surface area contributed by atoms with Crippen LogP contribution in [0.4, 0.5) is 4.39 Å². The number of hydrogen-bond acceptors (Lipinski definition) is 6. The largest absolute Gasteiger partial charge is 0.386 e. The smallest absolute Gasteiger partial charge is 0.264 e. The minimum Gasteiger partial charge on any atom is -0.386 e. The lowest BCUT2D eigenvalue weighted by atomic mass is 9.95. The van der Waals surface area contributed by atoms with Crippen LogP contribution in [0, 0.1) is 17.1 Å². The van der Waals surface area contributed by atoms with E-state index in [2.05, 4.69) is 0 Å². The van der Waals surface area contributed by atoms with E-state index in [-0.39, 0.29) is 23.4 Å². The molecule has 5 rings (SSSR count). The number of rotatable bonds is 4. The minimum absolute atomic E-state index is 0.0491. The Morgan fingerprint density at radius 3 is 2.43 bits per heavy atom. The van der Waals surface area contributed by atoms with Gasteiger partial charge < -0.3 is 20.6 Å². The molecule has 37 heavy (non-hydrogen) atoms. The number of nitrogens with zero attached hydrogens (tertiary/aromatic N) is 3. The van der Waals surface area contributed by atoms with Crippen LogP contribution in [0.5, 0.6) is 0 Å². The molecular formula is C28H27FN4O3S. The number of carbonyl (C=O) groups excluding carboxylic acids is 2. The normalized spacial score (nSPS) is 18.7. The molecule has 0 saturated carbocycles. The monoisotopic (exact) mass is 518 g/mol. The summed E-state index contributed by atoms with van der Waals surface area (Å²) in [5, 5.41) is 19.1. The van der Waals surface area contributed by atoms with E-state index in [4.69, 9.17) is 11.0 Å². The fourth-order valence-electron chi connectivity index (χ4n) is 4.92. The third kappa shape index (κ3) is 5.01. The molecule has 1 aromatic heterocycles. The van der Waals surface area contributed by atoms with E-state index in [1.165, 1.54) is 23.5 Å². The Kier molecular flexibility index (Phi) is 6.58. The summed E-state index contributed by atoms with van der Waals surface area (Å²) in [6, 6.07) is 15.0. The van der Waals surface area contributed by atoms with E-state index in [0.29, 0.717) is 47.7 Å². The summed E-state index contributed by atoms with van der Waals surface area (Å²) < 4.78 is 14.5. The fourth-order valence-corrected chi connectivity index (χ4v) is 6.07. The number of likely N-dealkylation sites (tertiary alicyclic amines) is 2. The number of piperidine rings is 1. The first-order chi connectivity index (χ1) is 17.6. The Morgan fingerprint density at radius 2 is 1.81 bits per heavy atom. The van der Waals surface area contributed by atoms with Gasteiger partial charge in [-0.3, -0.25) is 9.59 Å². The highest BCUT2D eigenvalue weighted by Gasteiger charge is 2.39. The van der Waals surface area contributed by atoms with Crippen LogP contribution in [0.1, 0.15) is 45.4 Å². The molecule has 2 aromatic carbocycles. The Balaban J connectivity index is 1.50. The zero-order chi connectivity index (χ0) is 26.3. The summed E-state index contributed by atoms with van der Waals surface area (Å²) in [4.78, 5) is 30.7. The summed E-state index contributed by atoms with van der Waals surface area (Å²) in [7, 11) is 0. The van der Waals surface area contributed by atoms with Crippen LogP contribution in [0.15, 0.2) is 48.5 Å². The maximum Gasteiger partial charge on any atom is 0.264 e. The maximum atomic E-state index is 14.5. The number of nitrogens with two attached hydrogens (primary N) is 1. The van der Waals surface area contributed by atoms with Crippen molar-refractivity contribution in [2.45, 2.75) is 31.4 Å². The van der Waals surface area contributed by atoms with Gasteiger partial charge in [0.2, 0.25) is 0 Å². The SMILES string of the molecule is CC1(O)CN(C(=O)c2ccc(-c3sc(C(=O)N4CCCC(N)C4)cc3-c3ccc(C#N)c(F)c3)cc2)C1. The van der Waals surface area contributed by atoms with Crippen molar-refractivity contribution in [2.24, 2.45) is 5.73 Å². The van der Waals surface area contributed by atoms with Crippen LogP contribution in [-0.2, 0) is 0 Å². The maximum absolute atomic E-state index is 14.5. The zero-order valence-corrected chi connectivity index (χ0v) is 21.2. The molecule has 3 heterocycles. The second-order valence-corrected chi connectivity index (χ2v) is 11.1. The van der Waals surface area contributed by atoms with Gasteiger partial charge in [0, 0.05) is 35.1 Å². The quantitative estimate of drug-likeness (QED) is 0.545. The Labute approximate surface area is 218 Å². The van der Waals surface area contributed by atoms with E-state index in [1.807, 2.05) is 18.2 Å². The van der Waals surface area contributed by atoms with Crippen LogP contribution >= 0.6 is 11.3 Å². The molecule has 2 amide bonds. The number of thiophene rings is 1. The number of hydrogen-bond donors (Lipinski definition) is 2. The number of aliphatic hydroxyl groups is 1. The number of benzene rings is 2. The lowest BCUT2D eigenvalue weighted by molar-refractivity contribution is -0.0668. The van der Waals surface area contributed by atoms with Gasteiger partial charge in [-0.2, -0.15) is 5.26 Å². The number of amides is 2. The second-order valence-electron chi connectivity index (χ2n) is 10.0. The zero-order valence-electron chi connectivity index (χ0n) is 20.4. The summed E-state index contributed by atoms with van der Waals surface area (Å²) in [6.45, 7) is 3.41. The molecule has 2 aliphatic rings. The van der Waals surface area contributed by atoms with Crippen molar-refractivity contribution in [3.05, 3.63) is 70.4 Å². The minimum atomic E-state index is -0.848. The summed E-state index contributed by atoms with van der Waals surface area (Å²) in [5.41, 5.74) is 7.71. The first-order valence-electron chi connectivity index (χ1n) is 12.2. The molecule has 3 N–H and O–H groups in total. The second kappa shape index (κ2) is 9.71. The van der Waals surface area contributed by atoms with Gasteiger partial charge in [-0.05, 0) is 61.2 Å². The topological polar surface area (TPSA) is 111 Å². The van der Waals surface area contributed by atoms with Crippen LogP contribution in [0.2, 0.25) is 0 Å². The van der Waals surface area contributed by atoms with E-state index in [1.54, 1.807) is 41.0 Å². The van der Waals surface area contributed by atoms with E-state index >= 15 is 0 Å². The van der Waals surface area contributed by atoms with Gasteiger partial charge in [-0.25, -0.2) is 4.39 Å². The molecule has 1 atom stereocenters. The van der Waals surface area contributed by atoms with Crippen LogP contribution in [0.3, 0.4) is 0 Å². The predicted octanol–water partition coefficient (Wildman–Crippen LogP) is 3.86. The van der Waals surface area contributed by atoms with Gasteiger partial charge in [0.15, 0.2) is 0 Å².